The Morgan fingerprint density at radius 3 is 2.65 bits per heavy atom. The van der Waals surface area contributed by atoms with Crippen LogP contribution >= 0.6 is 15.9 Å². The van der Waals surface area contributed by atoms with Gasteiger partial charge in [-0.15, -0.1) is 0 Å². The average molecular weight is 420 g/mol. The Balaban J connectivity index is 1.71. The third-order valence-corrected chi connectivity index (χ3v) is 5.63. The van der Waals surface area contributed by atoms with Gasteiger partial charge in [-0.1, -0.05) is 12.1 Å². The van der Waals surface area contributed by atoms with Crippen molar-refractivity contribution in [1.29, 1.82) is 0 Å². The highest BCUT2D eigenvalue weighted by molar-refractivity contribution is 9.10. The van der Waals surface area contributed by atoms with Gasteiger partial charge in [0.25, 0.3) is 5.91 Å². The Morgan fingerprint density at radius 2 is 2.04 bits per heavy atom. The standard InChI is InChI=1S/C20H26BrN3O2/c1-23-10-4-5-15(19(23)14-6-8-17(26-3)9-7-14)12-22-20(25)18-11-16(21)13-24(18)2/h6-9,11,13,15,19H,4-5,10,12H2,1-3H3,(H,22,25). The molecule has 26 heavy (non-hydrogen) atoms. The molecule has 1 aromatic heterocycles. The van der Waals surface area contributed by atoms with E-state index in [-0.39, 0.29) is 5.91 Å². The van der Waals surface area contributed by atoms with E-state index in [1.54, 1.807) is 7.11 Å². The predicted octanol–water partition coefficient (Wildman–Crippen LogP) is 3.61. The first-order valence-electron chi connectivity index (χ1n) is 8.94. The molecule has 0 saturated carbocycles. The molecule has 1 aromatic carbocycles. The highest BCUT2D eigenvalue weighted by atomic mass is 79.9. The average Bonchev–Trinajstić information content (AvgIpc) is 2.98. The second kappa shape index (κ2) is 8.27. The minimum absolute atomic E-state index is 0.0279. The molecule has 2 unspecified atom stereocenters. The number of methoxy groups -OCH3 is 1. The first-order chi connectivity index (χ1) is 12.5. The molecule has 1 saturated heterocycles. The summed E-state index contributed by atoms with van der Waals surface area (Å²) in [5, 5.41) is 3.13. The lowest BCUT2D eigenvalue weighted by Crippen LogP contribution is -2.42. The number of hydrogen-bond acceptors (Lipinski definition) is 3. The van der Waals surface area contributed by atoms with E-state index in [1.807, 2.05) is 36.0 Å². The van der Waals surface area contributed by atoms with Gasteiger partial charge in [0.05, 0.1) is 7.11 Å². The van der Waals surface area contributed by atoms with Gasteiger partial charge in [-0.3, -0.25) is 9.69 Å². The minimum atomic E-state index is -0.0279. The highest BCUT2D eigenvalue weighted by Gasteiger charge is 2.31. The minimum Gasteiger partial charge on any atom is -0.497 e. The molecular formula is C20H26BrN3O2. The number of halogens is 1. The van der Waals surface area contributed by atoms with Gasteiger partial charge in [-0.05, 0) is 72.0 Å². The van der Waals surface area contributed by atoms with Gasteiger partial charge in [0.15, 0.2) is 0 Å². The van der Waals surface area contributed by atoms with Crippen LogP contribution in [0.15, 0.2) is 41.0 Å². The van der Waals surface area contributed by atoms with Gasteiger partial charge in [0.1, 0.15) is 11.4 Å². The number of nitrogens with zero attached hydrogens (tertiary/aromatic N) is 2. The SMILES string of the molecule is COc1ccc(C2C(CNC(=O)c3cc(Br)cn3C)CCCN2C)cc1. The van der Waals surface area contributed by atoms with Gasteiger partial charge < -0.3 is 14.6 Å². The zero-order valence-electron chi connectivity index (χ0n) is 15.5. The van der Waals surface area contributed by atoms with Crippen molar-refractivity contribution in [2.24, 2.45) is 13.0 Å². The molecule has 5 nitrogen and oxygen atoms in total. The van der Waals surface area contributed by atoms with E-state index in [4.69, 9.17) is 4.74 Å². The molecule has 0 radical (unpaired) electrons. The molecule has 1 amide bonds. The topological polar surface area (TPSA) is 46.5 Å². The number of ether oxygens (including phenoxy) is 1. The molecule has 0 bridgehead atoms. The van der Waals surface area contributed by atoms with Gasteiger partial charge in [0, 0.05) is 30.3 Å². The third-order valence-electron chi connectivity index (χ3n) is 5.19. The molecule has 140 valence electrons. The van der Waals surface area contributed by atoms with Crippen molar-refractivity contribution < 1.29 is 9.53 Å². The number of benzene rings is 1. The smallest absolute Gasteiger partial charge is 0.267 e. The summed E-state index contributed by atoms with van der Waals surface area (Å²) in [6.45, 7) is 1.74. The molecule has 2 heterocycles. The van der Waals surface area contributed by atoms with Crippen LogP contribution in [-0.4, -0.2) is 42.6 Å². The Kier molecular flexibility index (Phi) is 6.04. The number of aryl methyl sites for hydroxylation is 1. The molecule has 3 rings (SSSR count). The number of rotatable bonds is 5. The van der Waals surface area contributed by atoms with Crippen molar-refractivity contribution in [2.45, 2.75) is 18.9 Å². The Bertz CT molecular complexity index is 757. The zero-order chi connectivity index (χ0) is 18.7. The van der Waals surface area contributed by atoms with Crippen molar-refractivity contribution in [2.75, 3.05) is 27.2 Å². The summed E-state index contributed by atoms with van der Waals surface area (Å²) in [5.74, 6) is 1.22. The number of aromatic nitrogens is 1. The van der Waals surface area contributed by atoms with Crippen molar-refractivity contribution in [3.63, 3.8) is 0 Å². The van der Waals surface area contributed by atoms with Crippen LogP contribution in [0.5, 0.6) is 5.75 Å². The van der Waals surface area contributed by atoms with Crippen LogP contribution in [0.2, 0.25) is 0 Å². The maximum Gasteiger partial charge on any atom is 0.267 e. The normalized spacial score (nSPS) is 20.8. The lowest BCUT2D eigenvalue weighted by atomic mass is 9.85. The van der Waals surface area contributed by atoms with E-state index in [0.717, 1.165) is 29.6 Å². The number of nitrogens with one attached hydrogen (secondary N) is 1. The van der Waals surface area contributed by atoms with E-state index >= 15 is 0 Å². The Morgan fingerprint density at radius 1 is 1.31 bits per heavy atom. The number of carbonyl (C=O) groups excluding carboxylic acids is 1. The number of amides is 1. The highest BCUT2D eigenvalue weighted by Crippen LogP contribution is 2.35. The van der Waals surface area contributed by atoms with Crippen molar-refractivity contribution >= 4 is 21.8 Å². The van der Waals surface area contributed by atoms with E-state index in [1.165, 1.54) is 5.56 Å². The lowest BCUT2D eigenvalue weighted by Gasteiger charge is -2.39. The van der Waals surface area contributed by atoms with Gasteiger partial charge in [-0.2, -0.15) is 0 Å². The molecule has 1 N–H and O–H groups in total. The summed E-state index contributed by atoms with van der Waals surface area (Å²) in [7, 11) is 5.73. The lowest BCUT2D eigenvalue weighted by molar-refractivity contribution is 0.0884. The first kappa shape index (κ1) is 19.0. The van der Waals surface area contributed by atoms with E-state index in [0.29, 0.717) is 24.2 Å². The summed E-state index contributed by atoms with van der Waals surface area (Å²) < 4.78 is 8.03. The van der Waals surface area contributed by atoms with Crippen molar-refractivity contribution in [3.05, 3.63) is 52.3 Å². The van der Waals surface area contributed by atoms with Crippen LogP contribution in [0.1, 0.15) is 34.9 Å². The van der Waals surface area contributed by atoms with Gasteiger partial charge in [0.2, 0.25) is 0 Å². The molecular weight excluding hydrogens is 394 g/mol. The maximum atomic E-state index is 12.5. The number of carbonyl (C=O) groups is 1. The third kappa shape index (κ3) is 4.13. The van der Waals surface area contributed by atoms with E-state index in [9.17, 15) is 4.79 Å². The molecule has 2 atom stereocenters. The van der Waals surface area contributed by atoms with Crippen LogP contribution in [0.25, 0.3) is 0 Å². The largest absolute Gasteiger partial charge is 0.497 e. The fourth-order valence-corrected chi connectivity index (χ4v) is 4.39. The van der Waals surface area contributed by atoms with Crippen LogP contribution in [0.3, 0.4) is 0 Å². The molecule has 0 aliphatic carbocycles. The Labute approximate surface area is 163 Å². The van der Waals surface area contributed by atoms with Crippen molar-refractivity contribution in [3.8, 4) is 5.75 Å². The molecule has 1 aliphatic rings. The quantitative estimate of drug-likeness (QED) is 0.804. The van der Waals surface area contributed by atoms with E-state index < -0.39 is 0 Å². The number of hydrogen-bond donors (Lipinski definition) is 1. The van der Waals surface area contributed by atoms with Crippen LogP contribution in [0, 0.1) is 5.92 Å². The zero-order valence-corrected chi connectivity index (χ0v) is 17.1. The molecule has 1 fully saturated rings. The fourth-order valence-electron chi connectivity index (χ4n) is 3.87. The number of likely N-dealkylation sites (tertiary alicyclic amines) is 1. The van der Waals surface area contributed by atoms with Crippen molar-refractivity contribution in [1.82, 2.24) is 14.8 Å². The fraction of sp³-hybridized carbons (Fsp3) is 0.450. The molecule has 1 aliphatic heterocycles. The maximum absolute atomic E-state index is 12.5. The van der Waals surface area contributed by atoms with Crippen LogP contribution in [-0.2, 0) is 7.05 Å². The second-order valence-corrected chi connectivity index (χ2v) is 7.88. The summed E-state index contributed by atoms with van der Waals surface area (Å²) in [6, 6.07) is 10.4. The summed E-state index contributed by atoms with van der Waals surface area (Å²) in [6.07, 6.45) is 4.15. The summed E-state index contributed by atoms with van der Waals surface area (Å²) >= 11 is 3.42. The van der Waals surface area contributed by atoms with Gasteiger partial charge in [-0.25, -0.2) is 0 Å². The first-order valence-corrected chi connectivity index (χ1v) is 9.73. The summed E-state index contributed by atoms with van der Waals surface area (Å²) in [5.41, 5.74) is 1.94. The predicted molar refractivity (Wildman–Crippen MR) is 107 cm³/mol. The molecule has 6 heteroatoms. The second-order valence-electron chi connectivity index (χ2n) is 6.97. The number of piperidine rings is 1. The Hall–Kier alpha value is -1.79. The van der Waals surface area contributed by atoms with Crippen LogP contribution < -0.4 is 10.1 Å². The van der Waals surface area contributed by atoms with Gasteiger partial charge >= 0.3 is 0 Å². The molecule has 2 aromatic rings. The molecule has 0 spiro atoms. The summed E-state index contributed by atoms with van der Waals surface area (Å²) in [4.78, 5) is 14.9. The van der Waals surface area contributed by atoms with E-state index in [2.05, 4.69) is 45.3 Å². The monoisotopic (exact) mass is 419 g/mol. The van der Waals surface area contributed by atoms with Crippen LogP contribution in [0.4, 0.5) is 0 Å².